The first-order chi connectivity index (χ1) is 12.7. The lowest BCUT2D eigenvalue weighted by Gasteiger charge is -2.13. The van der Waals surface area contributed by atoms with Gasteiger partial charge in [0.05, 0.1) is 12.8 Å². The second kappa shape index (κ2) is 7.94. The summed E-state index contributed by atoms with van der Waals surface area (Å²) >= 11 is 0. The van der Waals surface area contributed by atoms with Crippen molar-refractivity contribution in [1.29, 1.82) is 0 Å². The minimum atomic E-state index is -0.337. The molecule has 2 aromatic carbocycles. The lowest BCUT2D eigenvalue weighted by molar-refractivity contribution is 0.101. The van der Waals surface area contributed by atoms with Crippen LogP contribution in [-0.2, 0) is 0 Å². The van der Waals surface area contributed by atoms with Crippen LogP contribution in [0.4, 0.5) is 11.4 Å². The van der Waals surface area contributed by atoms with Gasteiger partial charge in [0.2, 0.25) is 0 Å². The fourth-order valence-corrected chi connectivity index (χ4v) is 2.36. The molecule has 3 aromatic rings. The average Bonchev–Trinajstić information content (AvgIpc) is 2.69. The van der Waals surface area contributed by atoms with E-state index >= 15 is 0 Å². The lowest BCUT2D eigenvalue weighted by atomic mass is 10.2. The fraction of sp³-hybridized carbons (Fsp3) is 0.0500. The summed E-state index contributed by atoms with van der Waals surface area (Å²) in [7, 11) is 1.51. The Kier molecular flexibility index (Phi) is 5.24. The van der Waals surface area contributed by atoms with E-state index in [-0.39, 0.29) is 11.8 Å². The van der Waals surface area contributed by atoms with E-state index in [0.717, 1.165) is 0 Å². The molecule has 0 saturated carbocycles. The van der Waals surface area contributed by atoms with Crippen molar-refractivity contribution in [3.05, 3.63) is 84.2 Å². The van der Waals surface area contributed by atoms with Gasteiger partial charge in [0.15, 0.2) is 0 Å². The predicted octanol–water partition coefficient (Wildman–Crippen LogP) is 3.59. The van der Waals surface area contributed by atoms with E-state index in [2.05, 4.69) is 15.6 Å². The van der Waals surface area contributed by atoms with Gasteiger partial charge in [-0.3, -0.25) is 14.6 Å². The summed E-state index contributed by atoms with van der Waals surface area (Å²) in [5.41, 5.74) is 1.81. The number of hydrogen-bond acceptors (Lipinski definition) is 4. The molecule has 1 heterocycles. The quantitative estimate of drug-likeness (QED) is 0.739. The molecule has 2 N–H and O–H groups in total. The van der Waals surface area contributed by atoms with Gasteiger partial charge in [-0.25, -0.2) is 0 Å². The highest BCUT2D eigenvalue weighted by atomic mass is 16.5. The number of benzene rings is 2. The Morgan fingerprint density at radius 2 is 1.65 bits per heavy atom. The number of amides is 2. The Labute approximate surface area is 150 Å². The highest BCUT2D eigenvalue weighted by Gasteiger charge is 2.12. The number of anilines is 2. The molecule has 130 valence electrons. The van der Waals surface area contributed by atoms with Crippen LogP contribution in [0.5, 0.6) is 5.75 Å². The Balaban J connectivity index is 1.80. The number of ether oxygens (including phenoxy) is 1. The molecular formula is C20H17N3O3. The number of rotatable bonds is 5. The van der Waals surface area contributed by atoms with Gasteiger partial charge in [0, 0.05) is 17.4 Å². The molecule has 26 heavy (non-hydrogen) atoms. The molecule has 0 radical (unpaired) electrons. The van der Waals surface area contributed by atoms with E-state index in [1.165, 1.54) is 7.11 Å². The maximum absolute atomic E-state index is 12.4. The molecule has 0 aliphatic heterocycles. The Hall–Kier alpha value is -3.67. The predicted molar refractivity (Wildman–Crippen MR) is 99.6 cm³/mol. The molecule has 0 aliphatic rings. The van der Waals surface area contributed by atoms with Crippen molar-refractivity contribution in [1.82, 2.24) is 4.98 Å². The van der Waals surface area contributed by atoms with Gasteiger partial charge in [-0.15, -0.1) is 0 Å². The number of carbonyl (C=O) groups is 2. The Bertz CT molecular complexity index is 912. The number of aromatic nitrogens is 1. The van der Waals surface area contributed by atoms with Gasteiger partial charge in [-0.1, -0.05) is 24.3 Å². The van der Waals surface area contributed by atoms with Crippen molar-refractivity contribution in [2.75, 3.05) is 17.7 Å². The molecule has 0 aliphatic carbocycles. The van der Waals surface area contributed by atoms with Gasteiger partial charge < -0.3 is 15.4 Å². The number of nitrogens with one attached hydrogen (secondary N) is 2. The average molecular weight is 347 g/mol. The summed E-state index contributed by atoms with van der Waals surface area (Å²) < 4.78 is 5.29. The smallest absolute Gasteiger partial charge is 0.274 e. The summed E-state index contributed by atoms with van der Waals surface area (Å²) in [6, 6.07) is 19.0. The molecule has 0 saturated heterocycles. The third-order valence-electron chi connectivity index (χ3n) is 3.64. The molecule has 0 fully saturated rings. The van der Waals surface area contributed by atoms with Crippen LogP contribution in [-0.4, -0.2) is 23.9 Å². The van der Waals surface area contributed by atoms with Crippen LogP contribution in [0.3, 0.4) is 0 Å². The number of methoxy groups -OCH3 is 1. The van der Waals surface area contributed by atoms with E-state index in [1.54, 1.807) is 66.9 Å². The van der Waals surface area contributed by atoms with Gasteiger partial charge in [0.25, 0.3) is 11.8 Å². The summed E-state index contributed by atoms with van der Waals surface area (Å²) in [5, 5.41) is 5.55. The zero-order valence-corrected chi connectivity index (χ0v) is 14.1. The molecule has 0 atom stereocenters. The maximum atomic E-state index is 12.4. The van der Waals surface area contributed by atoms with Crippen LogP contribution in [0, 0.1) is 0 Å². The number of hydrogen-bond donors (Lipinski definition) is 2. The minimum Gasteiger partial charge on any atom is -0.495 e. The van der Waals surface area contributed by atoms with E-state index < -0.39 is 0 Å². The first-order valence-electron chi connectivity index (χ1n) is 7.94. The molecule has 0 unspecified atom stereocenters. The van der Waals surface area contributed by atoms with E-state index in [0.29, 0.717) is 28.4 Å². The maximum Gasteiger partial charge on any atom is 0.274 e. The summed E-state index contributed by atoms with van der Waals surface area (Å²) in [6.07, 6.45) is 1.55. The Morgan fingerprint density at radius 3 is 2.35 bits per heavy atom. The highest BCUT2D eigenvalue weighted by molar-refractivity contribution is 6.06. The van der Waals surface area contributed by atoms with E-state index in [4.69, 9.17) is 4.74 Å². The van der Waals surface area contributed by atoms with E-state index in [9.17, 15) is 9.59 Å². The Morgan fingerprint density at radius 1 is 0.885 bits per heavy atom. The van der Waals surface area contributed by atoms with Gasteiger partial charge in [0.1, 0.15) is 11.4 Å². The third-order valence-corrected chi connectivity index (χ3v) is 3.64. The van der Waals surface area contributed by atoms with Crippen molar-refractivity contribution in [2.45, 2.75) is 0 Å². The number of pyridine rings is 1. The number of nitrogens with zero attached hydrogens (tertiary/aromatic N) is 1. The van der Waals surface area contributed by atoms with Crippen LogP contribution >= 0.6 is 0 Å². The van der Waals surface area contributed by atoms with E-state index in [1.807, 2.05) is 6.07 Å². The van der Waals surface area contributed by atoms with Crippen molar-refractivity contribution in [3.63, 3.8) is 0 Å². The zero-order chi connectivity index (χ0) is 18.4. The zero-order valence-electron chi connectivity index (χ0n) is 14.1. The van der Waals surface area contributed by atoms with Crippen molar-refractivity contribution < 1.29 is 14.3 Å². The van der Waals surface area contributed by atoms with Crippen LogP contribution in [0.2, 0.25) is 0 Å². The topological polar surface area (TPSA) is 80.3 Å². The number of carbonyl (C=O) groups excluding carboxylic acids is 2. The summed E-state index contributed by atoms with van der Waals surface area (Å²) in [6.45, 7) is 0. The van der Waals surface area contributed by atoms with Crippen molar-refractivity contribution in [3.8, 4) is 5.75 Å². The molecule has 0 spiro atoms. The monoisotopic (exact) mass is 347 g/mol. The third kappa shape index (κ3) is 4.05. The highest BCUT2D eigenvalue weighted by Crippen LogP contribution is 2.28. The van der Waals surface area contributed by atoms with Gasteiger partial charge >= 0.3 is 0 Å². The molecular weight excluding hydrogens is 330 g/mol. The van der Waals surface area contributed by atoms with Gasteiger partial charge in [-0.2, -0.15) is 0 Å². The molecule has 1 aromatic heterocycles. The minimum absolute atomic E-state index is 0.267. The van der Waals surface area contributed by atoms with Gasteiger partial charge in [-0.05, 0) is 42.5 Å². The molecule has 3 rings (SSSR count). The van der Waals surface area contributed by atoms with Crippen molar-refractivity contribution in [2.24, 2.45) is 0 Å². The van der Waals surface area contributed by atoms with Crippen molar-refractivity contribution >= 4 is 23.2 Å². The molecule has 2 amide bonds. The summed E-state index contributed by atoms with van der Waals surface area (Å²) in [5.74, 6) is -0.113. The molecule has 6 heteroatoms. The largest absolute Gasteiger partial charge is 0.495 e. The molecule has 6 nitrogen and oxygen atoms in total. The standard InChI is InChI=1S/C20H17N3O3/c1-26-18-11-10-15(22-20(25)16-9-5-6-12-21-16)13-17(18)23-19(24)14-7-3-2-4-8-14/h2-13H,1H3,(H,22,25)(H,23,24). The first kappa shape index (κ1) is 17.2. The van der Waals surface area contributed by atoms with Crippen LogP contribution < -0.4 is 15.4 Å². The van der Waals surface area contributed by atoms with Crippen LogP contribution in [0.25, 0.3) is 0 Å². The lowest BCUT2D eigenvalue weighted by Crippen LogP contribution is -2.15. The van der Waals surface area contributed by atoms with Crippen LogP contribution in [0.1, 0.15) is 20.8 Å². The first-order valence-corrected chi connectivity index (χ1v) is 7.94. The SMILES string of the molecule is COc1ccc(NC(=O)c2ccccn2)cc1NC(=O)c1ccccc1. The summed E-state index contributed by atoms with van der Waals surface area (Å²) in [4.78, 5) is 28.6. The second-order valence-corrected chi connectivity index (χ2v) is 5.40. The van der Waals surface area contributed by atoms with Crippen LogP contribution in [0.15, 0.2) is 72.9 Å². The fourth-order valence-electron chi connectivity index (χ4n) is 2.36. The normalized spacial score (nSPS) is 10.0. The second-order valence-electron chi connectivity index (χ2n) is 5.40. The molecule has 0 bridgehead atoms.